The lowest BCUT2D eigenvalue weighted by molar-refractivity contribution is 0.704. The fourth-order valence-electron chi connectivity index (χ4n) is 1.77. The lowest BCUT2D eigenvalue weighted by Crippen LogP contribution is -2.15. The number of benzene rings is 1. The molecule has 2 aromatic rings. The summed E-state index contributed by atoms with van der Waals surface area (Å²) in [5, 5.41) is 13.7. The number of aryl methyl sites for hydroxylation is 2. The minimum atomic E-state index is 0.419. The first-order valence-corrected chi connectivity index (χ1v) is 7.22. The van der Waals surface area contributed by atoms with Gasteiger partial charge in [-0.3, -0.25) is 0 Å². The molecule has 0 saturated heterocycles. The molecule has 96 valence electrons. The normalized spacial score (nSPS) is 12.3. The van der Waals surface area contributed by atoms with Crippen molar-refractivity contribution in [2.75, 3.05) is 5.32 Å². The van der Waals surface area contributed by atoms with E-state index < -0.39 is 0 Å². The van der Waals surface area contributed by atoms with E-state index in [-0.39, 0.29) is 0 Å². The molecule has 1 unspecified atom stereocenters. The summed E-state index contributed by atoms with van der Waals surface area (Å²) in [7, 11) is 0. The van der Waals surface area contributed by atoms with Gasteiger partial charge in [-0.15, -0.1) is 10.2 Å². The van der Waals surface area contributed by atoms with Gasteiger partial charge in [-0.1, -0.05) is 48.6 Å². The fourth-order valence-corrected chi connectivity index (χ4v) is 2.56. The van der Waals surface area contributed by atoms with Gasteiger partial charge in [0.15, 0.2) is 0 Å². The average Bonchev–Trinajstić information content (AvgIpc) is 2.85. The third-order valence-corrected chi connectivity index (χ3v) is 3.85. The molecule has 0 aliphatic carbocycles. The highest BCUT2D eigenvalue weighted by atomic mass is 32.1. The van der Waals surface area contributed by atoms with Crippen LogP contribution in [-0.2, 0) is 12.8 Å². The van der Waals surface area contributed by atoms with Gasteiger partial charge < -0.3 is 5.32 Å². The Balaban J connectivity index is 1.80. The van der Waals surface area contributed by atoms with Crippen LogP contribution in [0.15, 0.2) is 30.3 Å². The summed E-state index contributed by atoms with van der Waals surface area (Å²) in [6.45, 7) is 4.29. The van der Waals surface area contributed by atoms with Crippen molar-refractivity contribution in [3.63, 3.8) is 0 Å². The maximum atomic E-state index is 4.14. The quantitative estimate of drug-likeness (QED) is 0.864. The summed E-state index contributed by atoms with van der Waals surface area (Å²) in [6.07, 6.45) is 3.15. The molecule has 0 saturated carbocycles. The second-order valence-corrected chi connectivity index (χ2v) is 5.49. The number of hydrogen-bond acceptors (Lipinski definition) is 4. The van der Waals surface area contributed by atoms with E-state index in [1.54, 1.807) is 11.3 Å². The van der Waals surface area contributed by atoms with Crippen molar-refractivity contribution in [3.8, 4) is 0 Å². The molecule has 0 spiro atoms. The largest absolute Gasteiger partial charge is 0.358 e. The van der Waals surface area contributed by atoms with Crippen LogP contribution in [0.25, 0.3) is 0 Å². The highest BCUT2D eigenvalue weighted by molar-refractivity contribution is 7.15. The van der Waals surface area contributed by atoms with Crippen molar-refractivity contribution in [2.45, 2.75) is 39.2 Å². The Morgan fingerprint density at radius 1 is 1.22 bits per heavy atom. The molecule has 1 heterocycles. The maximum absolute atomic E-state index is 4.14. The molecule has 1 N–H and O–H groups in total. The Bertz CT molecular complexity index is 467. The minimum absolute atomic E-state index is 0.419. The molecule has 1 atom stereocenters. The first-order valence-electron chi connectivity index (χ1n) is 6.40. The molecule has 4 heteroatoms. The smallest absolute Gasteiger partial charge is 0.205 e. The third kappa shape index (κ3) is 3.81. The fraction of sp³-hybridized carbons (Fsp3) is 0.429. The molecule has 0 aliphatic heterocycles. The zero-order chi connectivity index (χ0) is 12.8. The van der Waals surface area contributed by atoms with Gasteiger partial charge in [0.05, 0.1) is 0 Å². The van der Waals surface area contributed by atoms with Crippen molar-refractivity contribution in [1.82, 2.24) is 10.2 Å². The van der Waals surface area contributed by atoms with E-state index in [9.17, 15) is 0 Å². The van der Waals surface area contributed by atoms with Crippen molar-refractivity contribution in [2.24, 2.45) is 0 Å². The second kappa shape index (κ2) is 6.50. The van der Waals surface area contributed by atoms with Crippen LogP contribution in [0.5, 0.6) is 0 Å². The van der Waals surface area contributed by atoms with E-state index in [1.807, 2.05) is 0 Å². The van der Waals surface area contributed by atoms with Crippen molar-refractivity contribution >= 4 is 16.5 Å². The molecule has 0 amide bonds. The van der Waals surface area contributed by atoms with E-state index >= 15 is 0 Å². The Morgan fingerprint density at radius 2 is 2.00 bits per heavy atom. The molecule has 1 aromatic heterocycles. The van der Waals surface area contributed by atoms with Crippen LogP contribution in [0.2, 0.25) is 0 Å². The lowest BCUT2D eigenvalue weighted by atomic mass is 10.1. The average molecular weight is 261 g/mol. The van der Waals surface area contributed by atoms with E-state index in [1.165, 1.54) is 5.56 Å². The van der Waals surface area contributed by atoms with Crippen LogP contribution in [0.3, 0.4) is 0 Å². The number of anilines is 1. The predicted octanol–water partition coefficient (Wildman–Crippen LogP) is 3.53. The van der Waals surface area contributed by atoms with E-state index in [0.29, 0.717) is 6.04 Å². The van der Waals surface area contributed by atoms with Crippen LogP contribution in [-0.4, -0.2) is 16.2 Å². The van der Waals surface area contributed by atoms with Crippen molar-refractivity contribution in [3.05, 3.63) is 40.9 Å². The second-order valence-electron chi connectivity index (χ2n) is 4.42. The van der Waals surface area contributed by atoms with Gasteiger partial charge in [0.25, 0.3) is 0 Å². The summed E-state index contributed by atoms with van der Waals surface area (Å²) >= 11 is 1.65. The number of aromatic nitrogens is 2. The summed E-state index contributed by atoms with van der Waals surface area (Å²) in [6, 6.07) is 11.0. The van der Waals surface area contributed by atoms with Gasteiger partial charge in [0.2, 0.25) is 5.13 Å². The minimum Gasteiger partial charge on any atom is -0.358 e. The van der Waals surface area contributed by atoms with Crippen LogP contribution in [0.1, 0.15) is 30.8 Å². The highest BCUT2D eigenvalue weighted by Crippen LogP contribution is 2.17. The standard InChI is InChI=1S/C14H19N3S/c1-3-13-16-17-14(18-13)15-11(2)9-10-12-7-5-4-6-8-12/h4-8,11H,3,9-10H2,1-2H3,(H,15,17). The van der Waals surface area contributed by atoms with Crippen LogP contribution < -0.4 is 5.32 Å². The molecule has 1 aromatic carbocycles. The molecular weight excluding hydrogens is 242 g/mol. The van der Waals surface area contributed by atoms with Gasteiger partial charge in [0.1, 0.15) is 5.01 Å². The molecule has 0 radical (unpaired) electrons. The number of hydrogen-bond donors (Lipinski definition) is 1. The van der Waals surface area contributed by atoms with Crippen molar-refractivity contribution < 1.29 is 0 Å². The zero-order valence-corrected chi connectivity index (χ0v) is 11.7. The summed E-state index contributed by atoms with van der Waals surface area (Å²) in [4.78, 5) is 0. The SMILES string of the molecule is CCc1nnc(NC(C)CCc2ccccc2)s1. The van der Waals surface area contributed by atoms with Crippen LogP contribution in [0.4, 0.5) is 5.13 Å². The van der Waals surface area contributed by atoms with Crippen molar-refractivity contribution in [1.29, 1.82) is 0 Å². The molecular formula is C14H19N3S. The predicted molar refractivity (Wildman–Crippen MR) is 77.1 cm³/mol. The molecule has 3 nitrogen and oxygen atoms in total. The zero-order valence-electron chi connectivity index (χ0n) is 10.9. The molecule has 2 rings (SSSR count). The first-order chi connectivity index (χ1) is 8.78. The summed E-state index contributed by atoms with van der Waals surface area (Å²) in [5.41, 5.74) is 1.39. The van der Waals surface area contributed by atoms with Gasteiger partial charge in [-0.2, -0.15) is 0 Å². The molecule has 18 heavy (non-hydrogen) atoms. The monoisotopic (exact) mass is 261 g/mol. The van der Waals surface area contributed by atoms with E-state index in [0.717, 1.165) is 29.4 Å². The maximum Gasteiger partial charge on any atom is 0.205 e. The summed E-state index contributed by atoms with van der Waals surface area (Å²) in [5.74, 6) is 0. The number of nitrogens with zero attached hydrogens (tertiary/aromatic N) is 2. The number of nitrogens with one attached hydrogen (secondary N) is 1. The molecule has 0 bridgehead atoms. The van der Waals surface area contributed by atoms with Gasteiger partial charge in [-0.05, 0) is 31.7 Å². The van der Waals surface area contributed by atoms with Gasteiger partial charge in [0, 0.05) is 6.04 Å². The van der Waals surface area contributed by atoms with Gasteiger partial charge in [-0.25, -0.2) is 0 Å². The number of rotatable bonds is 6. The molecule has 0 aliphatic rings. The Kier molecular flexibility index (Phi) is 4.70. The Morgan fingerprint density at radius 3 is 2.67 bits per heavy atom. The highest BCUT2D eigenvalue weighted by Gasteiger charge is 2.06. The Hall–Kier alpha value is -1.42. The Labute approximate surface area is 112 Å². The van der Waals surface area contributed by atoms with Gasteiger partial charge >= 0.3 is 0 Å². The van der Waals surface area contributed by atoms with Crippen LogP contribution in [0, 0.1) is 0 Å². The summed E-state index contributed by atoms with van der Waals surface area (Å²) < 4.78 is 0. The first kappa shape index (κ1) is 13.0. The third-order valence-electron chi connectivity index (χ3n) is 2.85. The topological polar surface area (TPSA) is 37.8 Å². The van der Waals surface area contributed by atoms with E-state index in [4.69, 9.17) is 0 Å². The lowest BCUT2D eigenvalue weighted by Gasteiger charge is -2.12. The van der Waals surface area contributed by atoms with E-state index in [2.05, 4.69) is 59.7 Å². The molecule has 0 fully saturated rings. The van der Waals surface area contributed by atoms with Crippen LogP contribution >= 0.6 is 11.3 Å².